The van der Waals surface area contributed by atoms with Gasteiger partial charge in [-0.2, -0.15) is 8.42 Å². The molecule has 0 aliphatic heterocycles. The van der Waals surface area contributed by atoms with E-state index in [1.54, 1.807) is 0 Å². The maximum absolute atomic E-state index is 8.74. The van der Waals surface area contributed by atoms with E-state index >= 15 is 0 Å². The van der Waals surface area contributed by atoms with Crippen LogP contribution in [-0.2, 0) is 10.4 Å². The zero-order valence-corrected chi connectivity index (χ0v) is 8.08. The molecule has 0 aromatic carbocycles. The predicted molar refractivity (Wildman–Crippen MR) is 32.1 cm³/mol. The van der Waals surface area contributed by atoms with Gasteiger partial charge in [0.15, 0.2) is 17.4 Å². The minimum atomic E-state index is -4.67. The van der Waals surface area contributed by atoms with Crippen molar-refractivity contribution in [1.29, 1.82) is 0 Å². The van der Waals surface area contributed by atoms with Crippen LogP contribution in [0, 0.1) is 0 Å². The van der Waals surface area contributed by atoms with E-state index in [9.17, 15) is 0 Å². The van der Waals surface area contributed by atoms with Crippen molar-refractivity contribution in [3.63, 3.8) is 0 Å². The molecule has 0 spiro atoms. The molecule has 0 aromatic heterocycles. The molecule has 0 bridgehead atoms. The second-order valence-corrected chi connectivity index (χ2v) is 1.34. The first-order valence-electron chi connectivity index (χ1n) is 0.698. The maximum Gasteiger partial charge on any atom is 2.00 e. The Kier molecular flexibility index (Phi) is 13.9. The molecule has 0 fully saturated rings. The zero-order valence-electron chi connectivity index (χ0n) is 4.83. The monoisotopic (exact) mass is 268 g/mol. The molecule has 0 saturated heterocycles. The molecule has 0 aliphatic rings. The molecule has 42 valence electrons. The second-order valence-electron chi connectivity index (χ2n) is 0.448. The Balaban J connectivity index is -0.0000000133. The van der Waals surface area contributed by atoms with E-state index in [2.05, 4.69) is 0 Å². The number of hydrogen-bond acceptors (Lipinski definition) is 2. The first-order chi connectivity index (χ1) is 2.00. The summed E-state index contributed by atoms with van der Waals surface area (Å²) in [7, 11) is -4.67. The van der Waals surface area contributed by atoms with E-state index in [1.807, 2.05) is 0 Å². The van der Waals surface area contributed by atoms with Crippen molar-refractivity contribution in [3.05, 3.63) is 0 Å². The molecule has 0 aromatic rings. The number of hydrogen-bond donors (Lipinski definition) is 2. The van der Waals surface area contributed by atoms with Gasteiger partial charge in [-0.1, -0.05) is 0 Å². The van der Waals surface area contributed by atoms with Gasteiger partial charge in [0.05, 0.1) is 0 Å². The molecule has 4 nitrogen and oxygen atoms in total. The molecule has 0 rings (SSSR count). The van der Waals surface area contributed by atoms with Crippen molar-refractivity contribution < 1.29 is 20.4 Å². The van der Waals surface area contributed by atoms with Crippen molar-refractivity contribution in [1.82, 2.24) is 0 Å². The Morgan fingerprint density at radius 2 is 1.29 bits per heavy atom. The summed E-state index contributed by atoms with van der Waals surface area (Å²) in [5.74, 6) is 0. The summed E-state index contributed by atoms with van der Waals surface area (Å²) < 4.78 is 31.6. The Morgan fingerprint density at radius 1 is 1.29 bits per heavy atom. The van der Waals surface area contributed by atoms with Crippen LogP contribution in [0.25, 0.3) is 0 Å². The van der Waals surface area contributed by atoms with Crippen LogP contribution in [0.15, 0.2) is 0 Å². The molecule has 0 saturated carbocycles. The van der Waals surface area contributed by atoms with Crippen LogP contribution in [-0.4, -0.2) is 83.8 Å². The molecular formula is H7AlBaO4S. The van der Waals surface area contributed by atoms with Crippen LogP contribution < -0.4 is 0 Å². The molecule has 2 N–H and O–H groups in total. The van der Waals surface area contributed by atoms with E-state index in [4.69, 9.17) is 17.5 Å². The van der Waals surface area contributed by atoms with Crippen molar-refractivity contribution >= 4 is 76.6 Å². The van der Waals surface area contributed by atoms with E-state index < -0.39 is 10.4 Å². The fourth-order valence-corrected chi connectivity index (χ4v) is 0. The van der Waals surface area contributed by atoms with E-state index in [0.717, 1.165) is 0 Å². The van der Waals surface area contributed by atoms with Gasteiger partial charge in [0.25, 0.3) is 0 Å². The molecule has 0 radical (unpaired) electrons. The Bertz CT molecular complexity index is 102. The Labute approximate surface area is 95.4 Å². The van der Waals surface area contributed by atoms with Gasteiger partial charge in [-0.15, -0.1) is 0 Å². The quantitative estimate of drug-likeness (QED) is 0.393. The third-order valence-corrected chi connectivity index (χ3v) is 0. The summed E-state index contributed by atoms with van der Waals surface area (Å²) in [4.78, 5) is 0. The number of rotatable bonds is 0. The van der Waals surface area contributed by atoms with E-state index in [-0.39, 0.29) is 69.1 Å². The molecule has 7 heavy (non-hydrogen) atoms. The van der Waals surface area contributed by atoms with Gasteiger partial charge in [-0.25, -0.2) is 0 Å². The SMILES string of the molecule is O=S(=O)(O)O.[AlH3].[Ba+2].[H-].[H-]. The molecule has 0 heterocycles. The summed E-state index contributed by atoms with van der Waals surface area (Å²) in [6.45, 7) is 0. The van der Waals surface area contributed by atoms with Crippen LogP contribution >= 0.6 is 0 Å². The molecule has 0 aliphatic carbocycles. The zero-order chi connectivity index (χ0) is 4.50. The van der Waals surface area contributed by atoms with Gasteiger partial charge in [0.1, 0.15) is 0 Å². The van der Waals surface area contributed by atoms with Crippen LogP contribution in [0.3, 0.4) is 0 Å². The van der Waals surface area contributed by atoms with E-state index in [1.165, 1.54) is 0 Å². The van der Waals surface area contributed by atoms with Crippen LogP contribution in [0.5, 0.6) is 0 Å². The average molecular weight is 267 g/mol. The minimum absolute atomic E-state index is 0. The van der Waals surface area contributed by atoms with Gasteiger partial charge >= 0.3 is 59.3 Å². The summed E-state index contributed by atoms with van der Waals surface area (Å²) >= 11 is 0. The summed E-state index contributed by atoms with van der Waals surface area (Å²) in [5, 5.41) is 0. The molecule has 7 heteroatoms. The molecular weight excluding hydrogens is 260 g/mol. The fourth-order valence-electron chi connectivity index (χ4n) is 0. The largest absolute Gasteiger partial charge is 2.00 e. The van der Waals surface area contributed by atoms with Crippen LogP contribution in [0.2, 0.25) is 0 Å². The summed E-state index contributed by atoms with van der Waals surface area (Å²) in [5.41, 5.74) is 0. The topological polar surface area (TPSA) is 74.6 Å². The summed E-state index contributed by atoms with van der Waals surface area (Å²) in [6, 6.07) is 0. The van der Waals surface area contributed by atoms with Crippen molar-refractivity contribution in [2.45, 2.75) is 0 Å². The predicted octanol–water partition coefficient (Wildman–Crippen LogP) is -1.99. The third-order valence-electron chi connectivity index (χ3n) is 0. The molecule has 0 atom stereocenters. The standard InChI is InChI=1S/Al.Ba.H2O4S.5H/c;;1-5(2,3)4;;;;;/h;;(H2,1,2,3,4);;;;;/q;+2;;;;;2*-1. The van der Waals surface area contributed by atoms with Gasteiger partial charge in [0, 0.05) is 0 Å². The van der Waals surface area contributed by atoms with Crippen molar-refractivity contribution in [2.75, 3.05) is 0 Å². The smallest absolute Gasteiger partial charge is 1.00 e. The first kappa shape index (κ1) is 16.0. The van der Waals surface area contributed by atoms with E-state index in [0.29, 0.717) is 0 Å². The minimum Gasteiger partial charge on any atom is -1.00 e. The normalized spacial score (nSPS) is 8.29. The van der Waals surface area contributed by atoms with Crippen molar-refractivity contribution in [3.8, 4) is 0 Å². The summed E-state index contributed by atoms with van der Waals surface area (Å²) in [6.07, 6.45) is 0. The molecule has 0 amide bonds. The van der Waals surface area contributed by atoms with Crippen molar-refractivity contribution in [2.24, 2.45) is 0 Å². The van der Waals surface area contributed by atoms with Gasteiger partial charge in [-0.3, -0.25) is 9.11 Å². The molecule has 0 unspecified atom stereocenters. The first-order valence-corrected chi connectivity index (χ1v) is 2.10. The van der Waals surface area contributed by atoms with Crippen LogP contribution in [0.1, 0.15) is 2.85 Å². The average Bonchev–Trinajstić information content (AvgIpc) is 0.722. The Morgan fingerprint density at radius 3 is 1.29 bits per heavy atom. The van der Waals surface area contributed by atoms with Gasteiger partial charge in [-0.05, 0) is 0 Å². The maximum atomic E-state index is 8.74. The fraction of sp³-hybridized carbons (Fsp3) is 0. The van der Waals surface area contributed by atoms with Gasteiger partial charge in [0.2, 0.25) is 0 Å². The van der Waals surface area contributed by atoms with Crippen LogP contribution in [0.4, 0.5) is 0 Å². The van der Waals surface area contributed by atoms with Gasteiger partial charge < -0.3 is 2.85 Å². The third kappa shape index (κ3) is 73.0. The Hall–Kier alpha value is 1.97. The second kappa shape index (κ2) is 6.10.